The summed E-state index contributed by atoms with van der Waals surface area (Å²) in [6.07, 6.45) is 9.77. The zero-order chi connectivity index (χ0) is 16.1. The number of aliphatic hydroxyl groups is 1. The molecular weight excluding hydrogens is 293 g/mol. The molecule has 0 saturated carbocycles. The van der Waals surface area contributed by atoms with E-state index in [2.05, 4.69) is 12.2 Å². The number of aliphatic hydroxyl groups excluding tert-OH is 1. The fourth-order valence-corrected chi connectivity index (χ4v) is 2.23. The number of carboxylic acids is 1. The molecule has 0 rings (SSSR count). The van der Waals surface area contributed by atoms with Crippen LogP contribution in [0.25, 0.3) is 0 Å². The Morgan fingerprint density at radius 2 is 1.41 bits per heavy atom. The van der Waals surface area contributed by atoms with Crippen LogP contribution in [0.4, 0.5) is 0 Å². The average Bonchev–Trinajstić information content (AvgIpc) is 2.42. The second-order valence-corrected chi connectivity index (χ2v) is 5.70. The van der Waals surface area contributed by atoms with Gasteiger partial charge in [0.25, 0.3) is 0 Å². The Morgan fingerprint density at radius 3 is 1.82 bits per heavy atom. The minimum Gasteiger partial charge on any atom is -0.480 e. The summed E-state index contributed by atoms with van der Waals surface area (Å²) >= 11 is 0. The number of nitrogens with one attached hydrogen (secondary N) is 1. The normalized spacial score (nSPS) is 13.0. The summed E-state index contributed by atoms with van der Waals surface area (Å²) in [5.41, 5.74) is 0. The van der Waals surface area contributed by atoms with Crippen molar-refractivity contribution in [2.75, 3.05) is 0 Å². The van der Waals surface area contributed by atoms with Crippen molar-refractivity contribution in [2.45, 2.75) is 90.2 Å². The standard InChI is InChI=1S/C16H31NO4.Na/c1-3-4-5-6-7-8-9-10-11-12-14(19)17-15(13(2)18)16(20)21;/h13,15,18H,3-12H2,1-2H3,(H,17,19)(H,20,21);/q;+1. The van der Waals surface area contributed by atoms with Crippen LogP contribution in [-0.2, 0) is 9.59 Å². The number of aliphatic carboxylic acids is 1. The number of carboxylic acid groups (broad SMARTS) is 1. The van der Waals surface area contributed by atoms with Crippen molar-refractivity contribution in [3.63, 3.8) is 0 Å². The topological polar surface area (TPSA) is 86.6 Å². The van der Waals surface area contributed by atoms with E-state index < -0.39 is 18.1 Å². The zero-order valence-corrected chi connectivity index (χ0v) is 16.4. The van der Waals surface area contributed by atoms with Crippen LogP contribution in [0.15, 0.2) is 0 Å². The molecule has 0 aliphatic carbocycles. The Morgan fingerprint density at radius 1 is 0.955 bits per heavy atom. The van der Waals surface area contributed by atoms with Crippen LogP contribution in [0, 0.1) is 0 Å². The van der Waals surface area contributed by atoms with Gasteiger partial charge in [-0.2, -0.15) is 0 Å². The fourth-order valence-electron chi connectivity index (χ4n) is 2.23. The predicted molar refractivity (Wildman–Crippen MR) is 83.1 cm³/mol. The van der Waals surface area contributed by atoms with Gasteiger partial charge in [0.15, 0.2) is 6.04 Å². The van der Waals surface area contributed by atoms with E-state index in [-0.39, 0.29) is 35.5 Å². The Balaban J connectivity index is 0. The van der Waals surface area contributed by atoms with Gasteiger partial charge < -0.3 is 15.5 Å². The van der Waals surface area contributed by atoms with Crippen LogP contribution in [0.5, 0.6) is 0 Å². The number of carbonyl (C=O) groups is 2. The Kier molecular flexibility index (Phi) is 17.3. The molecular formula is C16H31NNaO4+. The van der Waals surface area contributed by atoms with Crippen LogP contribution in [0.3, 0.4) is 0 Å². The molecule has 2 atom stereocenters. The van der Waals surface area contributed by atoms with E-state index in [0.29, 0.717) is 6.42 Å². The summed E-state index contributed by atoms with van der Waals surface area (Å²) in [6.45, 7) is 3.56. The molecule has 0 aromatic heterocycles. The molecule has 124 valence electrons. The Bertz CT molecular complexity index is 298. The second-order valence-electron chi connectivity index (χ2n) is 5.70. The van der Waals surface area contributed by atoms with Gasteiger partial charge in [-0.1, -0.05) is 58.3 Å². The first kappa shape index (κ1) is 24.2. The molecule has 0 saturated heterocycles. The van der Waals surface area contributed by atoms with Gasteiger partial charge in [0.05, 0.1) is 6.10 Å². The monoisotopic (exact) mass is 324 g/mol. The summed E-state index contributed by atoms with van der Waals surface area (Å²) in [5, 5.41) is 20.5. The molecule has 0 aromatic rings. The number of carbonyl (C=O) groups excluding carboxylic acids is 1. The van der Waals surface area contributed by atoms with E-state index in [9.17, 15) is 14.7 Å². The Hall–Kier alpha value is -0.100. The fraction of sp³-hybridized carbons (Fsp3) is 0.875. The molecule has 0 bridgehead atoms. The third kappa shape index (κ3) is 13.6. The van der Waals surface area contributed by atoms with Gasteiger partial charge in [0.1, 0.15) is 0 Å². The van der Waals surface area contributed by atoms with Crippen LogP contribution >= 0.6 is 0 Å². The maximum Gasteiger partial charge on any atom is 1.00 e. The van der Waals surface area contributed by atoms with Gasteiger partial charge in [-0.15, -0.1) is 0 Å². The number of unbranched alkanes of at least 4 members (excludes halogenated alkanes) is 8. The third-order valence-electron chi connectivity index (χ3n) is 3.57. The molecule has 0 spiro atoms. The quantitative estimate of drug-likeness (QED) is 0.325. The number of hydrogen-bond acceptors (Lipinski definition) is 3. The van der Waals surface area contributed by atoms with E-state index in [1.54, 1.807) is 0 Å². The van der Waals surface area contributed by atoms with E-state index in [4.69, 9.17) is 5.11 Å². The molecule has 6 heteroatoms. The van der Waals surface area contributed by atoms with Crippen LogP contribution in [-0.4, -0.2) is 34.2 Å². The third-order valence-corrected chi connectivity index (χ3v) is 3.57. The van der Waals surface area contributed by atoms with E-state index in [1.165, 1.54) is 45.4 Å². The maximum absolute atomic E-state index is 11.6. The maximum atomic E-state index is 11.6. The first-order valence-electron chi connectivity index (χ1n) is 8.19. The first-order chi connectivity index (χ1) is 9.99. The van der Waals surface area contributed by atoms with Crippen molar-refractivity contribution in [1.29, 1.82) is 0 Å². The summed E-state index contributed by atoms with van der Waals surface area (Å²) in [5.74, 6) is -1.50. The summed E-state index contributed by atoms with van der Waals surface area (Å²) < 4.78 is 0. The summed E-state index contributed by atoms with van der Waals surface area (Å²) in [6, 6.07) is -1.21. The largest absolute Gasteiger partial charge is 1.00 e. The molecule has 0 heterocycles. The predicted octanol–water partition coefficient (Wildman–Crippen LogP) is -0.138. The molecule has 1 amide bonds. The van der Waals surface area contributed by atoms with Crippen molar-refractivity contribution in [1.82, 2.24) is 5.32 Å². The molecule has 0 aliphatic heterocycles. The number of hydrogen-bond donors (Lipinski definition) is 3. The molecule has 22 heavy (non-hydrogen) atoms. The van der Waals surface area contributed by atoms with Crippen molar-refractivity contribution in [3.8, 4) is 0 Å². The van der Waals surface area contributed by atoms with E-state index in [1.807, 2.05) is 0 Å². The number of amides is 1. The van der Waals surface area contributed by atoms with Gasteiger partial charge in [0.2, 0.25) is 5.91 Å². The van der Waals surface area contributed by atoms with E-state index in [0.717, 1.165) is 19.3 Å². The Labute approximate surface area is 156 Å². The van der Waals surface area contributed by atoms with Crippen molar-refractivity contribution >= 4 is 11.9 Å². The van der Waals surface area contributed by atoms with E-state index >= 15 is 0 Å². The van der Waals surface area contributed by atoms with Gasteiger partial charge >= 0.3 is 35.5 Å². The molecule has 3 N–H and O–H groups in total. The SMILES string of the molecule is CCCCCCCCCCCC(=O)NC(C(=O)O)C(C)O.[Na+]. The molecule has 5 nitrogen and oxygen atoms in total. The summed E-state index contributed by atoms with van der Waals surface area (Å²) in [7, 11) is 0. The zero-order valence-electron chi connectivity index (χ0n) is 14.4. The molecule has 0 radical (unpaired) electrons. The molecule has 2 unspecified atom stereocenters. The van der Waals surface area contributed by atoms with Crippen LogP contribution in [0.1, 0.15) is 78.1 Å². The van der Waals surface area contributed by atoms with Gasteiger partial charge in [0, 0.05) is 6.42 Å². The first-order valence-corrected chi connectivity index (χ1v) is 8.19. The van der Waals surface area contributed by atoms with Gasteiger partial charge in [-0.3, -0.25) is 4.79 Å². The van der Waals surface area contributed by atoms with Gasteiger partial charge in [-0.25, -0.2) is 4.79 Å². The second kappa shape index (κ2) is 15.8. The average molecular weight is 324 g/mol. The van der Waals surface area contributed by atoms with Crippen molar-refractivity contribution < 1.29 is 49.4 Å². The number of rotatable bonds is 13. The smallest absolute Gasteiger partial charge is 0.480 e. The molecule has 0 aliphatic rings. The minimum absolute atomic E-state index is 0. The van der Waals surface area contributed by atoms with Crippen molar-refractivity contribution in [3.05, 3.63) is 0 Å². The minimum atomic E-state index is -1.21. The molecule has 0 aromatic carbocycles. The van der Waals surface area contributed by atoms with Gasteiger partial charge in [-0.05, 0) is 13.3 Å². The van der Waals surface area contributed by atoms with Crippen molar-refractivity contribution in [2.24, 2.45) is 0 Å². The van der Waals surface area contributed by atoms with Crippen LogP contribution < -0.4 is 34.9 Å². The summed E-state index contributed by atoms with van der Waals surface area (Å²) in [4.78, 5) is 22.4. The van der Waals surface area contributed by atoms with Crippen LogP contribution in [0.2, 0.25) is 0 Å². The molecule has 0 fully saturated rings.